The van der Waals surface area contributed by atoms with Crippen LogP contribution in [0.5, 0.6) is 0 Å². The number of rotatable bonds is 7. The number of halogens is 1. The highest BCUT2D eigenvalue weighted by Crippen LogP contribution is 2.09. The molecule has 2 aromatic rings. The molecule has 0 aliphatic carbocycles. The summed E-state index contributed by atoms with van der Waals surface area (Å²) in [6.07, 6.45) is 2.75. The van der Waals surface area contributed by atoms with Crippen LogP contribution >= 0.6 is 0 Å². The van der Waals surface area contributed by atoms with Gasteiger partial charge in [-0.05, 0) is 31.0 Å². The highest BCUT2D eigenvalue weighted by atomic mass is 19.1. The summed E-state index contributed by atoms with van der Waals surface area (Å²) in [6.45, 7) is 4.09. The molecule has 0 aliphatic rings. The third kappa shape index (κ3) is 4.06. The summed E-state index contributed by atoms with van der Waals surface area (Å²) in [7, 11) is 1.68. The van der Waals surface area contributed by atoms with Gasteiger partial charge in [0.15, 0.2) is 0 Å². The number of hydrogen-bond donors (Lipinski definition) is 1. The molecule has 4 nitrogen and oxygen atoms in total. The van der Waals surface area contributed by atoms with Crippen LogP contribution in [0.3, 0.4) is 0 Å². The van der Waals surface area contributed by atoms with E-state index in [1.165, 1.54) is 6.07 Å². The molecule has 0 radical (unpaired) electrons. The largest absolute Gasteiger partial charge is 0.383 e. The summed E-state index contributed by atoms with van der Waals surface area (Å²) in [5.41, 5.74) is 1.94. The Kier molecular flexibility index (Phi) is 5.12. The van der Waals surface area contributed by atoms with Gasteiger partial charge in [-0.1, -0.05) is 12.1 Å². The number of hydrogen-bond acceptors (Lipinski definition) is 3. The van der Waals surface area contributed by atoms with Crippen molar-refractivity contribution < 1.29 is 9.13 Å². The molecule has 1 aromatic heterocycles. The first-order valence-electron chi connectivity index (χ1n) is 6.70. The molecule has 0 fully saturated rings. The molecule has 0 spiro atoms. The molecule has 1 aromatic carbocycles. The molecule has 0 saturated carbocycles. The molecule has 0 saturated heterocycles. The molecular formula is C15H20FN3O. The van der Waals surface area contributed by atoms with Crippen molar-refractivity contribution in [3.63, 3.8) is 0 Å². The zero-order valence-corrected chi connectivity index (χ0v) is 11.9. The lowest BCUT2D eigenvalue weighted by atomic mass is 10.1. The van der Waals surface area contributed by atoms with Crippen molar-refractivity contribution in [1.82, 2.24) is 9.55 Å². The summed E-state index contributed by atoms with van der Waals surface area (Å²) in [4.78, 5) is 4.43. The van der Waals surface area contributed by atoms with E-state index in [1.807, 2.05) is 23.8 Å². The minimum absolute atomic E-state index is 0.195. The second kappa shape index (κ2) is 7.05. The minimum atomic E-state index is -0.195. The maximum absolute atomic E-state index is 13.1. The van der Waals surface area contributed by atoms with Crippen molar-refractivity contribution >= 4 is 5.95 Å². The Bertz CT molecular complexity index is 554. The average Bonchev–Trinajstić information content (AvgIpc) is 2.77. The molecule has 20 heavy (non-hydrogen) atoms. The number of benzene rings is 1. The van der Waals surface area contributed by atoms with Gasteiger partial charge in [0.25, 0.3) is 0 Å². The minimum Gasteiger partial charge on any atom is -0.383 e. The first kappa shape index (κ1) is 14.5. The molecule has 5 heteroatoms. The lowest BCUT2D eigenvalue weighted by molar-refractivity contribution is 0.187. The fourth-order valence-corrected chi connectivity index (χ4v) is 2.06. The SMILES string of the molecule is COCCn1cc(C)nc1NCCc1cccc(F)c1. The van der Waals surface area contributed by atoms with E-state index >= 15 is 0 Å². The second-order valence-corrected chi connectivity index (χ2v) is 4.70. The third-order valence-corrected chi connectivity index (χ3v) is 3.02. The van der Waals surface area contributed by atoms with Gasteiger partial charge in [-0.3, -0.25) is 0 Å². The van der Waals surface area contributed by atoms with Crippen molar-refractivity contribution in [2.75, 3.05) is 25.6 Å². The quantitative estimate of drug-likeness (QED) is 0.845. The van der Waals surface area contributed by atoms with Crippen molar-refractivity contribution in [1.29, 1.82) is 0 Å². The molecule has 0 bridgehead atoms. The fraction of sp³-hybridized carbons (Fsp3) is 0.400. The second-order valence-electron chi connectivity index (χ2n) is 4.70. The zero-order chi connectivity index (χ0) is 14.4. The Morgan fingerprint density at radius 1 is 1.40 bits per heavy atom. The Labute approximate surface area is 118 Å². The molecule has 1 heterocycles. The number of anilines is 1. The zero-order valence-electron chi connectivity index (χ0n) is 11.9. The van der Waals surface area contributed by atoms with Crippen LogP contribution in [0.15, 0.2) is 30.5 Å². The van der Waals surface area contributed by atoms with Crippen LogP contribution in [0.1, 0.15) is 11.3 Å². The van der Waals surface area contributed by atoms with Crippen molar-refractivity contribution in [3.05, 3.63) is 47.5 Å². The van der Waals surface area contributed by atoms with Crippen molar-refractivity contribution in [3.8, 4) is 0 Å². The number of ether oxygens (including phenoxy) is 1. The molecule has 1 N–H and O–H groups in total. The van der Waals surface area contributed by atoms with Crippen molar-refractivity contribution in [2.24, 2.45) is 0 Å². The van der Waals surface area contributed by atoms with E-state index in [2.05, 4.69) is 10.3 Å². The van der Waals surface area contributed by atoms with E-state index < -0.39 is 0 Å². The first-order chi connectivity index (χ1) is 9.69. The van der Waals surface area contributed by atoms with Gasteiger partial charge in [-0.25, -0.2) is 9.37 Å². The smallest absolute Gasteiger partial charge is 0.203 e. The summed E-state index contributed by atoms with van der Waals surface area (Å²) < 4.78 is 20.2. The van der Waals surface area contributed by atoms with E-state index in [-0.39, 0.29) is 5.82 Å². The van der Waals surface area contributed by atoms with Crippen LogP contribution in [0.25, 0.3) is 0 Å². The van der Waals surface area contributed by atoms with Gasteiger partial charge in [0.2, 0.25) is 5.95 Å². The van der Waals surface area contributed by atoms with E-state index in [1.54, 1.807) is 19.2 Å². The van der Waals surface area contributed by atoms with Gasteiger partial charge in [-0.15, -0.1) is 0 Å². The number of aromatic nitrogens is 2. The molecule has 0 amide bonds. The monoisotopic (exact) mass is 277 g/mol. The van der Waals surface area contributed by atoms with E-state index in [0.717, 1.165) is 30.2 Å². The summed E-state index contributed by atoms with van der Waals surface area (Å²) in [5, 5.41) is 3.28. The Hall–Kier alpha value is -1.88. The van der Waals surface area contributed by atoms with Crippen LogP contribution in [0.2, 0.25) is 0 Å². The fourth-order valence-electron chi connectivity index (χ4n) is 2.06. The Morgan fingerprint density at radius 2 is 2.25 bits per heavy atom. The summed E-state index contributed by atoms with van der Waals surface area (Å²) in [6, 6.07) is 6.67. The van der Waals surface area contributed by atoms with Gasteiger partial charge in [-0.2, -0.15) is 0 Å². The van der Waals surface area contributed by atoms with Crippen LogP contribution in [0, 0.1) is 12.7 Å². The summed E-state index contributed by atoms with van der Waals surface area (Å²) in [5.74, 6) is 0.635. The van der Waals surface area contributed by atoms with Gasteiger partial charge in [0.1, 0.15) is 5.82 Å². The lowest BCUT2D eigenvalue weighted by Gasteiger charge is -2.09. The maximum Gasteiger partial charge on any atom is 0.203 e. The molecule has 0 unspecified atom stereocenters. The number of nitrogens with zero attached hydrogens (tertiary/aromatic N) is 2. The van der Waals surface area contributed by atoms with Gasteiger partial charge in [0.05, 0.1) is 12.3 Å². The van der Waals surface area contributed by atoms with Crippen LogP contribution in [-0.2, 0) is 17.7 Å². The molecular weight excluding hydrogens is 257 g/mol. The number of methoxy groups -OCH3 is 1. The average molecular weight is 277 g/mol. The first-order valence-corrected chi connectivity index (χ1v) is 6.70. The Balaban J connectivity index is 1.90. The van der Waals surface area contributed by atoms with Gasteiger partial charge < -0.3 is 14.6 Å². The molecule has 2 rings (SSSR count). The predicted octanol–water partition coefficient (Wildman–Crippen LogP) is 2.63. The van der Waals surface area contributed by atoms with E-state index in [4.69, 9.17) is 4.74 Å². The molecule has 0 atom stereocenters. The van der Waals surface area contributed by atoms with E-state index in [0.29, 0.717) is 13.2 Å². The molecule has 0 aliphatic heterocycles. The molecule has 108 valence electrons. The lowest BCUT2D eigenvalue weighted by Crippen LogP contribution is -2.12. The van der Waals surface area contributed by atoms with Crippen LogP contribution < -0.4 is 5.32 Å². The van der Waals surface area contributed by atoms with Gasteiger partial charge in [0, 0.05) is 26.4 Å². The highest BCUT2D eigenvalue weighted by Gasteiger charge is 2.05. The van der Waals surface area contributed by atoms with E-state index in [9.17, 15) is 4.39 Å². The number of aryl methyl sites for hydroxylation is 1. The highest BCUT2D eigenvalue weighted by molar-refractivity contribution is 5.29. The van der Waals surface area contributed by atoms with Crippen LogP contribution in [0.4, 0.5) is 10.3 Å². The summed E-state index contributed by atoms with van der Waals surface area (Å²) >= 11 is 0. The standard InChI is InChI=1S/C15H20FN3O/c1-12-11-19(8-9-20-2)15(18-12)17-7-6-13-4-3-5-14(16)10-13/h3-5,10-11H,6-9H2,1-2H3,(H,17,18). The maximum atomic E-state index is 13.1. The van der Waals surface area contributed by atoms with Crippen LogP contribution in [-0.4, -0.2) is 29.8 Å². The topological polar surface area (TPSA) is 39.1 Å². The van der Waals surface area contributed by atoms with Crippen molar-refractivity contribution in [2.45, 2.75) is 19.9 Å². The Morgan fingerprint density at radius 3 is 3.00 bits per heavy atom. The third-order valence-electron chi connectivity index (χ3n) is 3.02. The predicted molar refractivity (Wildman–Crippen MR) is 77.4 cm³/mol. The normalized spacial score (nSPS) is 10.8. The number of nitrogens with one attached hydrogen (secondary N) is 1. The van der Waals surface area contributed by atoms with Gasteiger partial charge >= 0.3 is 0 Å². The number of imidazole rings is 1.